The summed E-state index contributed by atoms with van der Waals surface area (Å²) in [4.78, 5) is 0. The summed E-state index contributed by atoms with van der Waals surface area (Å²) in [6.07, 6.45) is 1.75. The van der Waals surface area contributed by atoms with E-state index in [1.54, 1.807) is 0 Å². The fourth-order valence-electron chi connectivity index (χ4n) is 1.07. The number of rotatable bonds is 2. The molecule has 58 valence electrons. The van der Waals surface area contributed by atoms with Gasteiger partial charge in [-0.2, -0.15) is 0 Å². The minimum Gasteiger partial charge on any atom is -0.379 e. The fraction of sp³-hybridized carbons (Fsp3) is 1.00. The maximum Gasteiger partial charge on any atom is 0.160 e. The molecule has 0 aromatic rings. The Kier molecular flexibility index (Phi) is 1.29. The Bertz CT molecular complexity index is 223. The van der Waals surface area contributed by atoms with Crippen LogP contribution >= 0.6 is 0 Å². The lowest BCUT2D eigenvalue weighted by Crippen LogP contribution is -2.42. The van der Waals surface area contributed by atoms with Crippen LogP contribution in [0.5, 0.6) is 0 Å². The minimum absolute atomic E-state index is 0.0126. The van der Waals surface area contributed by atoms with Crippen molar-refractivity contribution in [3.63, 3.8) is 0 Å². The van der Waals surface area contributed by atoms with Crippen LogP contribution in [0.4, 0.5) is 0 Å². The highest BCUT2D eigenvalue weighted by Crippen LogP contribution is 2.33. The molecular formula is C6H10O3S. The number of sulfone groups is 1. The summed E-state index contributed by atoms with van der Waals surface area (Å²) in [7, 11) is -2.75. The highest BCUT2D eigenvalue weighted by atomic mass is 32.2. The molecule has 10 heavy (non-hydrogen) atoms. The summed E-state index contributed by atoms with van der Waals surface area (Å²) in [5.74, 6) is 0. The lowest BCUT2D eigenvalue weighted by atomic mass is 10.4. The van der Waals surface area contributed by atoms with Crippen LogP contribution in [0.2, 0.25) is 0 Å². The maximum atomic E-state index is 11.3. The fourth-order valence-corrected chi connectivity index (χ4v) is 2.98. The van der Waals surface area contributed by atoms with Crippen molar-refractivity contribution in [2.75, 3.05) is 13.2 Å². The van der Waals surface area contributed by atoms with Crippen molar-refractivity contribution in [1.82, 2.24) is 0 Å². The molecule has 3 nitrogen and oxygen atoms in total. The Morgan fingerprint density at radius 3 is 2.00 bits per heavy atom. The van der Waals surface area contributed by atoms with E-state index in [1.165, 1.54) is 0 Å². The van der Waals surface area contributed by atoms with Crippen LogP contribution in [0.1, 0.15) is 12.8 Å². The SMILES string of the molecule is O=S(=O)(C1CC1)C1COC1. The molecule has 0 bridgehead atoms. The Balaban J connectivity index is 2.12. The first kappa shape index (κ1) is 6.61. The van der Waals surface area contributed by atoms with Gasteiger partial charge < -0.3 is 4.74 Å². The van der Waals surface area contributed by atoms with Crippen molar-refractivity contribution >= 4 is 9.84 Å². The molecule has 4 heteroatoms. The third-order valence-electron chi connectivity index (χ3n) is 2.06. The van der Waals surface area contributed by atoms with Gasteiger partial charge in [0.25, 0.3) is 0 Å². The molecule has 1 saturated heterocycles. The Labute approximate surface area is 60.3 Å². The molecule has 2 aliphatic rings. The van der Waals surface area contributed by atoms with E-state index in [2.05, 4.69) is 0 Å². The molecule has 1 heterocycles. The van der Waals surface area contributed by atoms with Crippen LogP contribution < -0.4 is 0 Å². The van der Waals surface area contributed by atoms with Crippen molar-refractivity contribution in [3.8, 4) is 0 Å². The molecule has 1 aliphatic carbocycles. The molecule has 0 spiro atoms. The summed E-state index contributed by atoms with van der Waals surface area (Å²) in [6.45, 7) is 0.859. The van der Waals surface area contributed by atoms with Gasteiger partial charge in [0.15, 0.2) is 9.84 Å². The summed E-state index contributed by atoms with van der Waals surface area (Å²) >= 11 is 0. The molecule has 1 aliphatic heterocycles. The van der Waals surface area contributed by atoms with Crippen LogP contribution in [-0.4, -0.2) is 32.1 Å². The van der Waals surface area contributed by atoms with Crippen LogP contribution in [0.3, 0.4) is 0 Å². The molecule has 0 N–H and O–H groups in total. The molecule has 0 radical (unpaired) electrons. The van der Waals surface area contributed by atoms with Crippen molar-refractivity contribution in [2.45, 2.75) is 23.3 Å². The Hall–Kier alpha value is -0.0900. The van der Waals surface area contributed by atoms with Gasteiger partial charge in [0.05, 0.1) is 18.5 Å². The number of hydrogen-bond acceptors (Lipinski definition) is 3. The second kappa shape index (κ2) is 1.95. The summed E-state index contributed by atoms with van der Waals surface area (Å²) < 4.78 is 27.4. The molecule has 0 aromatic carbocycles. The second-order valence-electron chi connectivity index (χ2n) is 2.95. The van der Waals surface area contributed by atoms with Gasteiger partial charge >= 0.3 is 0 Å². The van der Waals surface area contributed by atoms with Crippen LogP contribution in [0.25, 0.3) is 0 Å². The summed E-state index contributed by atoms with van der Waals surface area (Å²) in [5, 5.41) is -0.179. The zero-order valence-corrected chi connectivity index (χ0v) is 6.43. The first-order valence-corrected chi connectivity index (χ1v) is 5.12. The highest BCUT2D eigenvalue weighted by Gasteiger charge is 2.44. The molecule has 0 amide bonds. The smallest absolute Gasteiger partial charge is 0.160 e. The molecule has 1 saturated carbocycles. The van der Waals surface area contributed by atoms with Gasteiger partial charge in [0.1, 0.15) is 5.25 Å². The highest BCUT2D eigenvalue weighted by molar-refractivity contribution is 7.93. The monoisotopic (exact) mass is 162 g/mol. The van der Waals surface area contributed by atoms with Gasteiger partial charge in [-0.1, -0.05) is 0 Å². The second-order valence-corrected chi connectivity index (χ2v) is 5.46. The zero-order valence-electron chi connectivity index (χ0n) is 5.62. The van der Waals surface area contributed by atoms with Gasteiger partial charge in [0, 0.05) is 0 Å². The molecule has 2 rings (SSSR count). The van der Waals surface area contributed by atoms with Crippen molar-refractivity contribution in [1.29, 1.82) is 0 Å². The van der Waals surface area contributed by atoms with Gasteiger partial charge in [-0.3, -0.25) is 0 Å². The van der Waals surface area contributed by atoms with Gasteiger partial charge in [-0.15, -0.1) is 0 Å². The van der Waals surface area contributed by atoms with E-state index >= 15 is 0 Å². The zero-order chi connectivity index (χ0) is 7.19. The normalized spacial score (nSPS) is 28.0. The maximum absolute atomic E-state index is 11.3. The lowest BCUT2D eigenvalue weighted by Gasteiger charge is -2.25. The number of ether oxygens (including phenoxy) is 1. The minimum atomic E-state index is -2.75. The van der Waals surface area contributed by atoms with E-state index in [-0.39, 0.29) is 10.5 Å². The van der Waals surface area contributed by atoms with E-state index in [0.717, 1.165) is 12.8 Å². The standard InChI is InChI=1S/C6H10O3S/c7-10(8,5-1-2-5)6-3-9-4-6/h5-6H,1-4H2. The quantitative estimate of drug-likeness (QED) is 0.572. The van der Waals surface area contributed by atoms with E-state index < -0.39 is 9.84 Å². The van der Waals surface area contributed by atoms with Gasteiger partial charge in [-0.05, 0) is 12.8 Å². The van der Waals surface area contributed by atoms with Gasteiger partial charge in [0.2, 0.25) is 0 Å². The molecule has 0 atom stereocenters. The topological polar surface area (TPSA) is 43.4 Å². The molecular weight excluding hydrogens is 152 g/mol. The molecule has 0 unspecified atom stereocenters. The number of hydrogen-bond donors (Lipinski definition) is 0. The van der Waals surface area contributed by atoms with Crippen molar-refractivity contribution in [2.24, 2.45) is 0 Å². The van der Waals surface area contributed by atoms with E-state index in [9.17, 15) is 8.42 Å². The van der Waals surface area contributed by atoms with Crippen molar-refractivity contribution < 1.29 is 13.2 Å². The lowest BCUT2D eigenvalue weighted by molar-refractivity contribution is 0.0415. The average Bonchev–Trinajstić information content (AvgIpc) is 2.32. The molecule has 0 aromatic heterocycles. The molecule has 2 fully saturated rings. The van der Waals surface area contributed by atoms with Crippen LogP contribution in [-0.2, 0) is 14.6 Å². The third kappa shape index (κ3) is 0.864. The summed E-state index contributed by atoms with van der Waals surface area (Å²) in [6, 6.07) is 0. The van der Waals surface area contributed by atoms with E-state index in [4.69, 9.17) is 4.74 Å². The summed E-state index contributed by atoms with van der Waals surface area (Å²) in [5.41, 5.74) is 0. The predicted octanol–water partition coefficient (Wildman–Crippen LogP) is -0.0376. The first-order valence-electron chi connectivity index (χ1n) is 3.52. The Morgan fingerprint density at radius 1 is 1.10 bits per heavy atom. The first-order chi connectivity index (χ1) is 4.71. The van der Waals surface area contributed by atoms with Crippen molar-refractivity contribution in [3.05, 3.63) is 0 Å². The average molecular weight is 162 g/mol. The third-order valence-corrected chi connectivity index (χ3v) is 4.66. The van der Waals surface area contributed by atoms with E-state index in [1.807, 2.05) is 0 Å². The Morgan fingerprint density at radius 2 is 1.70 bits per heavy atom. The predicted molar refractivity (Wildman–Crippen MR) is 36.5 cm³/mol. The largest absolute Gasteiger partial charge is 0.379 e. The van der Waals surface area contributed by atoms with Crippen LogP contribution in [0, 0.1) is 0 Å². The van der Waals surface area contributed by atoms with Crippen LogP contribution in [0.15, 0.2) is 0 Å². The van der Waals surface area contributed by atoms with E-state index in [0.29, 0.717) is 13.2 Å². The van der Waals surface area contributed by atoms with Gasteiger partial charge in [-0.25, -0.2) is 8.42 Å².